The maximum absolute atomic E-state index is 12.6. The van der Waals surface area contributed by atoms with E-state index in [1.807, 2.05) is 0 Å². The second-order valence-electron chi connectivity index (χ2n) is 5.36. The third-order valence-electron chi connectivity index (χ3n) is 3.44. The molecule has 0 heterocycles. The van der Waals surface area contributed by atoms with E-state index < -0.39 is 27.7 Å². The standard InChI is InChI=1S/C17H16F3NO5S/c1-25-16(22)11-26-14-4-2-3-12(9-14)10-21-27(23,24)15-7-5-13(6-8-15)17(18,19)20/h2-9,21H,10-11H2,1H3. The molecule has 0 saturated heterocycles. The van der Waals surface area contributed by atoms with Crippen LogP contribution >= 0.6 is 0 Å². The van der Waals surface area contributed by atoms with Crippen LogP contribution in [0.4, 0.5) is 13.2 Å². The molecule has 0 atom stereocenters. The Hall–Kier alpha value is -2.59. The summed E-state index contributed by atoms with van der Waals surface area (Å²) < 4.78 is 74.0. The van der Waals surface area contributed by atoms with Crippen LogP contribution in [0.25, 0.3) is 0 Å². The predicted molar refractivity (Wildman–Crippen MR) is 89.4 cm³/mol. The first kappa shape index (κ1) is 20.7. The molecular weight excluding hydrogens is 387 g/mol. The SMILES string of the molecule is COC(=O)COc1cccc(CNS(=O)(=O)c2ccc(C(F)(F)F)cc2)c1. The van der Waals surface area contributed by atoms with Crippen molar-refractivity contribution in [3.63, 3.8) is 0 Å². The average Bonchev–Trinajstić information content (AvgIpc) is 2.64. The molecule has 0 unspecified atom stereocenters. The number of hydrogen-bond acceptors (Lipinski definition) is 5. The first-order chi connectivity index (χ1) is 12.6. The van der Waals surface area contributed by atoms with Gasteiger partial charge in [-0.2, -0.15) is 13.2 Å². The number of carbonyl (C=O) groups excluding carboxylic acids is 1. The van der Waals surface area contributed by atoms with Gasteiger partial charge in [-0.15, -0.1) is 0 Å². The van der Waals surface area contributed by atoms with E-state index in [0.717, 1.165) is 12.1 Å². The second-order valence-corrected chi connectivity index (χ2v) is 7.13. The molecule has 0 saturated carbocycles. The fraction of sp³-hybridized carbons (Fsp3) is 0.235. The molecule has 0 amide bonds. The molecule has 0 aromatic heterocycles. The van der Waals surface area contributed by atoms with Gasteiger partial charge in [0.25, 0.3) is 0 Å². The number of nitrogens with one attached hydrogen (secondary N) is 1. The summed E-state index contributed by atoms with van der Waals surface area (Å²) in [6.07, 6.45) is -4.54. The molecule has 6 nitrogen and oxygen atoms in total. The van der Waals surface area contributed by atoms with Gasteiger partial charge in [0.1, 0.15) is 5.75 Å². The number of halogens is 3. The lowest BCUT2D eigenvalue weighted by Gasteiger charge is -2.10. The zero-order chi connectivity index (χ0) is 20.1. The van der Waals surface area contributed by atoms with Gasteiger partial charge in [-0.1, -0.05) is 12.1 Å². The van der Waals surface area contributed by atoms with Crippen molar-refractivity contribution in [3.8, 4) is 5.75 Å². The fourth-order valence-corrected chi connectivity index (χ4v) is 3.05. The number of methoxy groups -OCH3 is 1. The summed E-state index contributed by atoms with van der Waals surface area (Å²) >= 11 is 0. The summed E-state index contributed by atoms with van der Waals surface area (Å²) in [6, 6.07) is 9.53. The van der Waals surface area contributed by atoms with E-state index in [0.29, 0.717) is 23.4 Å². The summed E-state index contributed by atoms with van der Waals surface area (Å²) in [7, 11) is -2.78. The van der Waals surface area contributed by atoms with E-state index in [2.05, 4.69) is 9.46 Å². The molecule has 0 aliphatic heterocycles. The minimum atomic E-state index is -4.54. The Morgan fingerprint density at radius 1 is 1.11 bits per heavy atom. The normalized spacial score (nSPS) is 11.9. The van der Waals surface area contributed by atoms with Crippen LogP contribution in [0.2, 0.25) is 0 Å². The van der Waals surface area contributed by atoms with E-state index >= 15 is 0 Å². The van der Waals surface area contributed by atoms with Gasteiger partial charge in [0.15, 0.2) is 6.61 Å². The van der Waals surface area contributed by atoms with Crippen LogP contribution in [0.15, 0.2) is 53.4 Å². The number of alkyl halides is 3. The lowest BCUT2D eigenvalue weighted by Crippen LogP contribution is -2.23. The van der Waals surface area contributed by atoms with Gasteiger partial charge < -0.3 is 9.47 Å². The van der Waals surface area contributed by atoms with Gasteiger partial charge in [-0.3, -0.25) is 0 Å². The predicted octanol–water partition coefficient (Wildman–Crippen LogP) is 2.74. The average molecular weight is 403 g/mol. The molecule has 0 radical (unpaired) electrons. The molecule has 2 rings (SSSR count). The lowest BCUT2D eigenvalue weighted by molar-refractivity contribution is -0.143. The van der Waals surface area contributed by atoms with E-state index in [-0.39, 0.29) is 18.0 Å². The van der Waals surface area contributed by atoms with Crippen molar-refractivity contribution < 1.29 is 35.9 Å². The lowest BCUT2D eigenvalue weighted by atomic mass is 10.2. The molecule has 0 fully saturated rings. The molecule has 0 aliphatic carbocycles. The Morgan fingerprint density at radius 3 is 2.37 bits per heavy atom. The highest BCUT2D eigenvalue weighted by atomic mass is 32.2. The van der Waals surface area contributed by atoms with Crippen LogP contribution in [0, 0.1) is 0 Å². The summed E-state index contributed by atoms with van der Waals surface area (Å²) in [5.74, 6) is -0.227. The number of esters is 1. The smallest absolute Gasteiger partial charge is 0.416 e. The highest BCUT2D eigenvalue weighted by Crippen LogP contribution is 2.29. The summed E-state index contributed by atoms with van der Waals surface area (Å²) in [5.41, 5.74) is -0.398. The minimum absolute atomic E-state index is 0.112. The number of hydrogen-bond donors (Lipinski definition) is 1. The van der Waals surface area contributed by atoms with Gasteiger partial charge in [0.05, 0.1) is 17.6 Å². The van der Waals surface area contributed by atoms with E-state index in [1.165, 1.54) is 13.2 Å². The topological polar surface area (TPSA) is 81.7 Å². The first-order valence-electron chi connectivity index (χ1n) is 7.57. The molecule has 0 aliphatic rings. The highest BCUT2D eigenvalue weighted by Gasteiger charge is 2.30. The van der Waals surface area contributed by atoms with Crippen LogP contribution in [0.3, 0.4) is 0 Å². The molecule has 10 heteroatoms. The Balaban J connectivity index is 2.03. The zero-order valence-electron chi connectivity index (χ0n) is 14.1. The van der Waals surface area contributed by atoms with Crippen LogP contribution in [0.1, 0.15) is 11.1 Å². The van der Waals surface area contributed by atoms with Crippen molar-refractivity contribution in [3.05, 3.63) is 59.7 Å². The van der Waals surface area contributed by atoms with E-state index in [4.69, 9.17) is 4.74 Å². The van der Waals surface area contributed by atoms with Crippen molar-refractivity contribution in [1.82, 2.24) is 4.72 Å². The Kier molecular flexibility index (Phi) is 6.45. The van der Waals surface area contributed by atoms with Gasteiger partial charge in [0, 0.05) is 6.54 Å². The largest absolute Gasteiger partial charge is 0.482 e. The van der Waals surface area contributed by atoms with Crippen LogP contribution in [0.5, 0.6) is 5.75 Å². The summed E-state index contributed by atoms with van der Waals surface area (Å²) in [4.78, 5) is 10.8. The zero-order valence-corrected chi connectivity index (χ0v) is 14.9. The van der Waals surface area contributed by atoms with Crippen molar-refractivity contribution in [2.24, 2.45) is 0 Å². The Morgan fingerprint density at radius 2 is 1.78 bits per heavy atom. The van der Waals surface area contributed by atoms with Gasteiger partial charge >= 0.3 is 12.1 Å². The molecule has 2 aromatic carbocycles. The molecule has 2 aromatic rings. The number of carbonyl (C=O) groups is 1. The summed E-state index contributed by atoms with van der Waals surface area (Å²) in [5, 5.41) is 0. The van der Waals surface area contributed by atoms with Crippen molar-refractivity contribution in [2.75, 3.05) is 13.7 Å². The maximum Gasteiger partial charge on any atom is 0.416 e. The molecule has 0 bridgehead atoms. The first-order valence-corrected chi connectivity index (χ1v) is 9.05. The third kappa shape index (κ3) is 5.97. The van der Waals surface area contributed by atoms with Crippen LogP contribution in [-0.2, 0) is 32.3 Å². The quantitative estimate of drug-likeness (QED) is 0.719. The van der Waals surface area contributed by atoms with Gasteiger partial charge in [-0.25, -0.2) is 17.9 Å². The van der Waals surface area contributed by atoms with Crippen molar-refractivity contribution >= 4 is 16.0 Å². The number of ether oxygens (including phenoxy) is 2. The molecule has 146 valence electrons. The Labute approximate surface area is 154 Å². The van der Waals surface area contributed by atoms with E-state index in [9.17, 15) is 26.4 Å². The number of rotatable bonds is 7. The second kappa shape index (κ2) is 8.40. The Bertz CT molecular complexity index is 896. The fourth-order valence-electron chi connectivity index (χ4n) is 2.03. The molecule has 0 spiro atoms. The minimum Gasteiger partial charge on any atom is -0.482 e. The highest BCUT2D eigenvalue weighted by molar-refractivity contribution is 7.89. The number of sulfonamides is 1. The molecule has 27 heavy (non-hydrogen) atoms. The van der Waals surface area contributed by atoms with Crippen molar-refractivity contribution in [2.45, 2.75) is 17.6 Å². The number of benzene rings is 2. The molecular formula is C17H16F3NO5S. The van der Waals surface area contributed by atoms with Gasteiger partial charge in [0.2, 0.25) is 10.0 Å². The molecule has 1 N–H and O–H groups in total. The van der Waals surface area contributed by atoms with Crippen LogP contribution in [-0.4, -0.2) is 28.1 Å². The maximum atomic E-state index is 12.6. The van der Waals surface area contributed by atoms with E-state index in [1.54, 1.807) is 18.2 Å². The van der Waals surface area contributed by atoms with Crippen LogP contribution < -0.4 is 9.46 Å². The van der Waals surface area contributed by atoms with Gasteiger partial charge in [-0.05, 0) is 42.0 Å². The monoisotopic (exact) mass is 403 g/mol. The third-order valence-corrected chi connectivity index (χ3v) is 4.86. The summed E-state index contributed by atoms with van der Waals surface area (Å²) in [6.45, 7) is -0.407. The van der Waals surface area contributed by atoms with Crippen molar-refractivity contribution in [1.29, 1.82) is 0 Å².